The summed E-state index contributed by atoms with van der Waals surface area (Å²) in [6, 6.07) is 10.6. The first-order chi connectivity index (χ1) is 10.6. The molecule has 22 heavy (non-hydrogen) atoms. The van der Waals surface area contributed by atoms with E-state index in [1.165, 1.54) is 12.3 Å². The van der Waals surface area contributed by atoms with Crippen LogP contribution in [-0.4, -0.2) is 23.3 Å². The Kier molecular flexibility index (Phi) is 5.25. The summed E-state index contributed by atoms with van der Waals surface area (Å²) in [6.07, 6.45) is 2.32. The maximum absolute atomic E-state index is 12.2. The molecule has 0 aliphatic carbocycles. The first-order valence-corrected chi connectivity index (χ1v) is 7.22. The van der Waals surface area contributed by atoms with Crippen molar-refractivity contribution in [1.29, 1.82) is 0 Å². The number of aromatic nitrogens is 1. The van der Waals surface area contributed by atoms with Gasteiger partial charge in [-0.15, -0.1) is 0 Å². The molecule has 0 aliphatic rings. The molecule has 1 aromatic heterocycles. The highest BCUT2D eigenvalue weighted by Gasteiger charge is 2.11. The maximum atomic E-state index is 12.2. The summed E-state index contributed by atoms with van der Waals surface area (Å²) in [4.78, 5) is 28.1. The van der Waals surface area contributed by atoms with Crippen LogP contribution in [-0.2, 0) is 0 Å². The lowest BCUT2D eigenvalue weighted by molar-refractivity contribution is 0.0953. The van der Waals surface area contributed by atoms with Gasteiger partial charge in [-0.2, -0.15) is 0 Å². The SMILES string of the molecule is CCCNC(=O)c1ccnc(C(=O)Nc2cccc(C)c2)c1. The van der Waals surface area contributed by atoms with E-state index in [1.807, 2.05) is 38.1 Å². The fourth-order valence-electron chi connectivity index (χ4n) is 1.95. The van der Waals surface area contributed by atoms with Crippen molar-refractivity contribution >= 4 is 17.5 Å². The Balaban J connectivity index is 2.11. The van der Waals surface area contributed by atoms with Crippen LogP contribution in [0.3, 0.4) is 0 Å². The van der Waals surface area contributed by atoms with Crippen molar-refractivity contribution in [1.82, 2.24) is 10.3 Å². The Morgan fingerprint density at radius 1 is 1.14 bits per heavy atom. The highest BCUT2D eigenvalue weighted by atomic mass is 16.2. The van der Waals surface area contributed by atoms with Crippen molar-refractivity contribution in [3.8, 4) is 0 Å². The minimum absolute atomic E-state index is 0.200. The minimum Gasteiger partial charge on any atom is -0.352 e. The second-order valence-electron chi connectivity index (χ2n) is 5.01. The number of anilines is 1. The molecule has 2 amide bonds. The molecule has 114 valence electrons. The van der Waals surface area contributed by atoms with Crippen molar-refractivity contribution in [2.24, 2.45) is 0 Å². The Morgan fingerprint density at radius 3 is 2.68 bits per heavy atom. The fourth-order valence-corrected chi connectivity index (χ4v) is 1.95. The Hall–Kier alpha value is -2.69. The van der Waals surface area contributed by atoms with Crippen LogP contribution in [0.1, 0.15) is 39.8 Å². The third kappa shape index (κ3) is 4.15. The molecule has 0 bridgehead atoms. The second kappa shape index (κ2) is 7.36. The van der Waals surface area contributed by atoms with Gasteiger partial charge in [0.25, 0.3) is 11.8 Å². The molecular weight excluding hydrogens is 278 g/mol. The van der Waals surface area contributed by atoms with Gasteiger partial charge in [-0.05, 0) is 43.2 Å². The average molecular weight is 297 g/mol. The number of carbonyl (C=O) groups excluding carboxylic acids is 2. The van der Waals surface area contributed by atoms with Crippen LogP contribution < -0.4 is 10.6 Å². The molecular formula is C17H19N3O2. The van der Waals surface area contributed by atoms with Crippen LogP contribution >= 0.6 is 0 Å². The van der Waals surface area contributed by atoms with E-state index in [0.717, 1.165) is 12.0 Å². The van der Waals surface area contributed by atoms with E-state index in [0.29, 0.717) is 17.8 Å². The topological polar surface area (TPSA) is 71.1 Å². The van der Waals surface area contributed by atoms with Gasteiger partial charge in [-0.1, -0.05) is 19.1 Å². The van der Waals surface area contributed by atoms with Crippen molar-refractivity contribution in [3.05, 3.63) is 59.4 Å². The van der Waals surface area contributed by atoms with Gasteiger partial charge in [-0.25, -0.2) is 0 Å². The molecule has 2 aromatic rings. The van der Waals surface area contributed by atoms with Crippen molar-refractivity contribution in [3.63, 3.8) is 0 Å². The standard InChI is InChI=1S/C17H19N3O2/c1-3-8-19-16(21)13-7-9-18-15(11-13)17(22)20-14-6-4-5-12(2)10-14/h4-7,9-11H,3,8H2,1-2H3,(H,19,21)(H,20,22). The summed E-state index contributed by atoms with van der Waals surface area (Å²) in [5.41, 5.74) is 2.40. The molecule has 2 N–H and O–H groups in total. The van der Waals surface area contributed by atoms with Gasteiger partial charge in [0.1, 0.15) is 5.69 Å². The number of benzene rings is 1. The summed E-state index contributed by atoms with van der Waals surface area (Å²) >= 11 is 0. The number of pyridine rings is 1. The Labute approximate surface area is 129 Å². The maximum Gasteiger partial charge on any atom is 0.274 e. The zero-order valence-corrected chi connectivity index (χ0v) is 12.7. The smallest absolute Gasteiger partial charge is 0.274 e. The number of hydrogen-bond acceptors (Lipinski definition) is 3. The third-order valence-electron chi connectivity index (χ3n) is 3.07. The van der Waals surface area contributed by atoms with E-state index >= 15 is 0 Å². The number of rotatable bonds is 5. The zero-order chi connectivity index (χ0) is 15.9. The molecule has 2 rings (SSSR count). The summed E-state index contributed by atoms with van der Waals surface area (Å²) in [5, 5.41) is 5.55. The molecule has 1 heterocycles. The monoisotopic (exact) mass is 297 g/mol. The van der Waals surface area contributed by atoms with E-state index in [9.17, 15) is 9.59 Å². The van der Waals surface area contributed by atoms with Crippen molar-refractivity contribution < 1.29 is 9.59 Å². The molecule has 0 aliphatic heterocycles. The van der Waals surface area contributed by atoms with E-state index in [1.54, 1.807) is 6.07 Å². The minimum atomic E-state index is -0.337. The number of nitrogens with zero attached hydrogens (tertiary/aromatic N) is 1. The van der Waals surface area contributed by atoms with Gasteiger partial charge in [0.15, 0.2) is 0 Å². The molecule has 5 nitrogen and oxygen atoms in total. The van der Waals surface area contributed by atoms with Crippen LogP contribution in [0.4, 0.5) is 5.69 Å². The lowest BCUT2D eigenvalue weighted by Crippen LogP contribution is -2.24. The molecule has 0 saturated heterocycles. The molecule has 0 saturated carbocycles. The van der Waals surface area contributed by atoms with Crippen LogP contribution in [0.25, 0.3) is 0 Å². The van der Waals surface area contributed by atoms with E-state index in [-0.39, 0.29) is 17.5 Å². The molecule has 0 radical (unpaired) electrons. The Bertz CT molecular complexity index is 683. The van der Waals surface area contributed by atoms with E-state index in [4.69, 9.17) is 0 Å². The van der Waals surface area contributed by atoms with E-state index < -0.39 is 0 Å². The Morgan fingerprint density at radius 2 is 1.95 bits per heavy atom. The van der Waals surface area contributed by atoms with Gasteiger partial charge in [0, 0.05) is 24.0 Å². The van der Waals surface area contributed by atoms with Gasteiger partial charge in [0.2, 0.25) is 0 Å². The molecule has 0 spiro atoms. The predicted molar refractivity (Wildman–Crippen MR) is 86.0 cm³/mol. The van der Waals surface area contributed by atoms with Gasteiger partial charge >= 0.3 is 0 Å². The number of carbonyl (C=O) groups is 2. The van der Waals surface area contributed by atoms with Crippen LogP contribution in [0.15, 0.2) is 42.6 Å². The quantitative estimate of drug-likeness (QED) is 0.891. The first-order valence-electron chi connectivity index (χ1n) is 7.22. The fraction of sp³-hybridized carbons (Fsp3) is 0.235. The highest BCUT2D eigenvalue weighted by Crippen LogP contribution is 2.11. The highest BCUT2D eigenvalue weighted by molar-refractivity contribution is 6.04. The number of aryl methyl sites for hydroxylation is 1. The van der Waals surface area contributed by atoms with Gasteiger partial charge in [0.05, 0.1) is 0 Å². The summed E-state index contributed by atoms with van der Waals surface area (Å²) in [5.74, 6) is -0.537. The predicted octanol–water partition coefficient (Wildman–Crippen LogP) is 2.78. The van der Waals surface area contributed by atoms with Crippen LogP contribution in [0.2, 0.25) is 0 Å². The van der Waals surface area contributed by atoms with Crippen LogP contribution in [0.5, 0.6) is 0 Å². The molecule has 0 unspecified atom stereocenters. The molecule has 0 atom stereocenters. The summed E-state index contributed by atoms with van der Waals surface area (Å²) in [6.45, 7) is 4.53. The van der Waals surface area contributed by atoms with Crippen LogP contribution in [0, 0.1) is 6.92 Å². The number of hydrogen-bond donors (Lipinski definition) is 2. The van der Waals surface area contributed by atoms with Crippen molar-refractivity contribution in [2.45, 2.75) is 20.3 Å². The van der Waals surface area contributed by atoms with E-state index in [2.05, 4.69) is 15.6 Å². The number of amides is 2. The van der Waals surface area contributed by atoms with Gasteiger partial charge in [-0.3, -0.25) is 14.6 Å². The summed E-state index contributed by atoms with van der Waals surface area (Å²) in [7, 11) is 0. The normalized spacial score (nSPS) is 10.1. The van der Waals surface area contributed by atoms with Crippen molar-refractivity contribution in [2.75, 3.05) is 11.9 Å². The largest absolute Gasteiger partial charge is 0.352 e. The second-order valence-corrected chi connectivity index (χ2v) is 5.01. The zero-order valence-electron chi connectivity index (χ0n) is 12.7. The lowest BCUT2D eigenvalue weighted by Gasteiger charge is -2.07. The number of nitrogens with one attached hydrogen (secondary N) is 2. The third-order valence-corrected chi connectivity index (χ3v) is 3.07. The molecule has 5 heteroatoms. The van der Waals surface area contributed by atoms with Gasteiger partial charge < -0.3 is 10.6 Å². The average Bonchev–Trinajstić information content (AvgIpc) is 2.52. The first kappa shape index (κ1) is 15.7. The molecule has 1 aromatic carbocycles. The summed E-state index contributed by atoms with van der Waals surface area (Å²) < 4.78 is 0. The molecule has 0 fully saturated rings. The lowest BCUT2D eigenvalue weighted by atomic mass is 10.2.